The highest BCUT2D eigenvalue weighted by Gasteiger charge is 2.24. The summed E-state index contributed by atoms with van der Waals surface area (Å²) >= 11 is 0. The van der Waals surface area contributed by atoms with Crippen LogP contribution in [0.5, 0.6) is 0 Å². The van der Waals surface area contributed by atoms with Crippen LogP contribution in [-0.4, -0.2) is 30.1 Å². The maximum absolute atomic E-state index is 12.9. The molecule has 0 bridgehead atoms. The number of aryl methyl sites for hydroxylation is 1. The Morgan fingerprint density at radius 2 is 1.67 bits per heavy atom. The summed E-state index contributed by atoms with van der Waals surface area (Å²) in [5.74, 6) is -0.379. The third-order valence-electron chi connectivity index (χ3n) is 4.86. The number of nitrogens with zero attached hydrogens (tertiary/aromatic N) is 2. The van der Waals surface area contributed by atoms with Crippen LogP contribution >= 0.6 is 0 Å². The predicted octanol–water partition coefficient (Wildman–Crippen LogP) is 3.90. The van der Waals surface area contributed by atoms with Gasteiger partial charge in [-0.15, -0.1) is 5.10 Å². The number of aromatic nitrogens is 2. The van der Waals surface area contributed by atoms with Crippen LogP contribution in [0.3, 0.4) is 0 Å². The van der Waals surface area contributed by atoms with Gasteiger partial charge in [0, 0.05) is 12.2 Å². The SMILES string of the molecule is CCC(CC)NC(=O)c1cn(-c2ccccc2)nc1NS(=O)(=O)c1ccc(C)cc1. The molecule has 0 aliphatic carbocycles. The molecule has 0 unspecified atom stereocenters. The van der Waals surface area contributed by atoms with E-state index in [9.17, 15) is 13.2 Å². The zero-order valence-corrected chi connectivity index (χ0v) is 18.1. The van der Waals surface area contributed by atoms with Crippen molar-refractivity contribution in [1.29, 1.82) is 0 Å². The second-order valence-corrected chi connectivity index (χ2v) is 8.76. The van der Waals surface area contributed by atoms with Gasteiger partial charge in [0.1, 0.15) is 5.56 Å². The third-order valence-corrected chi connectivity index (χ3v) is 6.22. The van der Waals surface area contributed by atoms with Gasteiger partial charge in [0.2, 0.25) is 0 Å². The molecule has 3 rings (SSSR count). The number of carbonyl (C=O) groups is 1. The highest BCUT2D eigenvalue weighted by Crippen LogP contribution is 2.21. The van der Waals surface area contributed by atoms with Gasteiger partial charge in [-0.3, -0.25) is 9.52 Å². The molecule has 0 aliphatic rings. The van der Waals surface area contributed by atoms with Gasteiger partial charge in [0.15, 0.2) is 5.82 Å². The van der Waals surface area contributed by atoms with Crippen molar-refractivity contribution in [2.75, 3.05) is 4.72 Å². The molecule has 0 spiro atoms. The van der Waals surface area contributed by atoms with Crippen LogP contribution in [0.15, 0.2) is 65.7 Å². The van der Waals surface area contributed by atoms with E-state index < -0.39 is 10.0 Å². The van der Waals surface area contributed by atoms with Gasteiger partial charge in [-0.1, -0.05) is 49.7 Å². The molecule has 30 heavy (non-hydrogen) atoms. The summed E-state index contributed by atoms with van der Waals surface area (Å²) in [6.45, 7) is 5.86. The lowest BCUT2D eigenvalue weighted by molar-refractivity contribution is 0.0935. The quantitative estimate of drug-likeness (QED) is 0.571. The van der Waals surface area contributed by atoms with Crippen LogP contribution in [0.25, 0.3) is 5.69 Å². The molecule has 0 radical (unpaired) electrons. The Kier molecular flexibility index (Phi) is 6.56. The molecule has 3 aromatic rings. The van der Waals surface area contributed by atoms with E-state index in [2.05, 4.69) is 15.1 Å². The summed E-state index contributed by atoms with van der Waals surface area (Å²) in [6, 6.07) is 15.7. The van der Waals surface area contributed by atoms with E-state index in [1.807, 2.05) is 51.1 Å². The molecule has 0 atom stereocenters. The van der Waals surface area contributed by atoms with Crippen molar-refractivity contribution >= 4 is 21.7 Å². The van der Waals surface area contributed by atoms with E-state index >= 15 is 0 Å². The Hall–Kier alpha value is -3.13. The van der Waals surface area contributed by atoms with Crippen LogP contribution in [0.2, 0.25) is 0 Å². The summed E-state index contributed by atoms with van der Waals surface area (Å²) in [7, 11) is -3.90. The summed E-state index contributed by atoms with van der Waals surface area (Å²) < 4.78 is 29.7. The molecule has 8 heteroatoms. The Bertz CT molecular complexity index is 1100. The predicted molar refractivity (Wildman–Crippen MR) is 117 cm³/mol. The summed E-state index contributed by atoms with van der Waals surface area (Å²) in [4.78, 5) is 13.0. The van der Waals surface area contributed by atoms with Crippen molar-refractivity contribution in [3.05, 3.63) is 71.9 Å². The Morgan fingerprint density at radius 1 is 1.03 bits per heavy atom. The Balaban J connectivity index is 1.99. The zero-order chi connectivity index (χ0) is 21.7. The minimum Gasteiger partial charge on any atom is -0.349 e. The van der Waals surface area contributed by atoms with Crippen molar-refractivity contribution in [2.24, 2.45) is 0 Å². The molecule has 1 aromatic heterocycles. The number of carbonyl (C=O) groups excluding carboxylic acids is 1. The molecular weight excluding hydrogens is 400 g/mol. The minimum absolute atomic E-state index is 0.000805. The van der Waals surface area contributed by atoms with Crippen LogP contribution in [0.1, 0.15) is 42.6 Å². The minimum atomic E-state index is -3.90. The van der Waals surface area contributed by atoms with Gasteiger partial charge in [-0.05, 0) is 44.0 Å². The van der Waals surface area contributed by atoms with Crippen LogP contribution in [0, 0.1) is 6.92 Å². The molecule has 1 heterocycles. The fourth-order valence-electron chi connectivity index (χ4n) is 2.99. The molecule has 0 saturated carbocycles. The molecule has 1 amide bonds. The van der Waals surface area contributed by atoms with E-state index in [-0.39, 0.29) is 28.2 Å². The zero-order valence-electron chi connectivity index (χ0n) is 17.3. The molecule has 2 N–H and O–H groups in total. The van der Waals surface area contributed by atoms with Crippen molar-refractivity contribution in [3.63, 3.8) is 0 Å². The van der Waals surface area contributed by atoms with Crippen molar-refractivity contribution in [1.82, 2.24) is 15.1 Å². The number of benzene rings is 2. The Morgan fingerprint density at radius 3 is 2.27 bits per heavy atom. The number of amides is 1. The lowest BCUT2D eigenvalue weighted by atomic mass is 10.1. The first-order valence-electron chi connectivity index (χ1n) is 9.89. The largest absolute Gasteiger partial charge is 0.349 e. The molecule has 0 fully saturated rings. The van der Waals surface area contributed by atoms with Gasteiger partial charge in [0.25, 0.3) is 15.9 Å². The molecule has 0 aliphatic heterocycles. The maximum atomic E-state index is 12.9. The van der Waals surface area contributed by atoms with Gasteiger partial charge >= 0.3 is 0 Å². The number of anilines is 1. The lowest BCUT2D eigenvalue weighted by Crippen LogP contribution is -2.34. The number of sulfonamides is 1. The van der Waals surface area contributed by atoms with Crippen molar-refractivity contribution < 1.29 is 13.2 Å². The first kappa shape index (κ1) is 21.6. The molecule has 2 aromatic carbocycles. The first-order chi connectivity index (χ1) is 14.3. The molecule has 7 nitrogen and oxygen atoms in total. The third kappa shape index (κ3) is 4.88. The van der Waals surface area contributed by atoms with E-state index in [0.717, 1.165) is 24.1 Å². The van der Waals surface area contributed by atoms with E-state index in [1.54, 1.807) is 18.3 Å². The molecule has 158 valence electrons. The van der Waals surface area contributed by atoms with Gasteiger partial charge in [0.05, 0.1) is 10.6 Å². The number of hydrogen-bond acceptors (Lipinski definition) is 4. The van der Waals surface area contributed by atoms with E-state index in [1.165, 1.54) is 16.8 Å². The van der Waals surface area contributed by atoms with E-state index in [4.69, 9.17) is 0 Å². The second-order valence-electron chi connectivity index (χ2n) is 7.08. The summed E-state index contributed by atoms with van der Waals surface area (Å²) in [5.41, 5.74) is 1.84. The summed E-state index contributed by atoms with van der Waals surface area (Å²) in [5, 5.41) is 7.30. The fraction of sp³-hybridized carbons (Fsp3) is 0.273. The van der Waals surface area contributed by atoms with Crippen molar-refractivity contribution in [3.8, 4) is 5.69 Å². The van der Waals surface area contributed by atoms with Crippen LogP contribution in [-0.2, 0) is 10.0 Å². The maximum Gasteiger partial charge on any atom is 0.263 e. The van der Waals surface area contributed by atoms with E-state index in [0.29, 0.717) is 0 Å². The van der Waals surface area contributed by atoms with Gasteiger partial charge in [-0.2, -0.15) is 0 Å². The number of para-hydroxylation sites is 1. The molecule has 0 saturated heterocycles. The average Bonchev–Trinajstić information content (AvgIpc) is 3.16. The second kappa shape index (κ2) is 9.13. The Labute approximate surface area is 177 Å². The number of hydrogen-bond donors (Lipinski definition) is 2. The monoisotopic (exact) mass is 426 g/mol. The first-order valence-corrected chi connectivity index (χ1v) is 11.4. The lowest BCUT2D eigenvalue weighted by Gasteiger charge is -2.14. The molecular formula is C22H26N4O3S. The summed E-state index contributed by atoms with van der Waals surface area (Å²) in [6.07, 6.45) is 3.10. The number of rotatable bonds is 8. The highest BCUT2D eigenvalue weighted by atomic mass is 32.2. The van der Waals surface area contributed by atoms with Gasteiger partial charge < -0.3 is 5.32 Å². The normalized spacial score (nSPS) is 11.5. The van der Waals surface area contributed by atoms with Crippen molar-refractivity contribution in [2.45, 2.75) is 44.6 Å². The smallest absolute Gasteiger partial charge is 0.263 e. The fourth-order valence-corrected chi connectivity index (χ4v) is 4.01. The van der Waals surface area contributed by atoms with Gasteiger partial charge in [-0.25, -0.2) is 13.1 Å². The topological polar surface area (TPSA) is 93.1 Å². The standard InChI is InChI=1S/C22H26N4O3S/c1-4-17(5-2)23-22(27)20-15-26(18-9-7-6-8-10-18)24-21(20)25-30(28,29)19-13-11-16(3)12-14-19/h6-15,17H,4-5H2,1-3H3,(H,23,27)(H,24,25). The van der Waals surface area contributed by atoms with Crippen LogP contribution in [0.4, 0.5) is 5.82 Å². The number of nitrogens with one attached hydrogen (secondary N) is 2. The van der Waals surface area contributed by atoms with Crippen LogP contribution < -0.4 is 10.0 Å². The highest BCUT2D eigenvalue weighted by molar-refractivity contribution is 7.92. The average molecular weight is 427 g/mol.